The molecule has 0 spiro atoms. The van der Waals surface area contributed by atoms with Crippen LogP contribution in [0.5, 0.6) is 0 Å². The molecule has 2 unspecified atom stereocenters. The number of Topliss-reactive ketones (excluding diaryl/α,β-unsaturated/α-hetero) is 1. The van der Waals surface area contributed by atoms with Crippen LogP contribution in [0.2, 0.25) is 0 Å². The van der Waals surface area contributed by atoms with Crippen LogP contribution in [0.3, 0.4) is 0 Å². The van der Waals surface area contributed by atoms with Crippen molar-refractivity contribution >= 4 is 5.78 Å². The molecule has 0 bridgehead atoms. The van der Waals surface area contributed by atoms with Gasteiger partial charge in [-0.25, -0.2) is 0 Å². The number of hydrogen-bond acceptors (Lipinski definition) is 1. The molecule has 0 saturated heterocycles. The first kappa shape index (κ1) is 7.08. The van der Waals surface area contributed by atoms with Crippen LogP contribution < -0.4 is 0 Å². The maximum absolute atomic E-state index is 11.4. The molecule has 0 aliphatic heterocycles. The second-order valence-corrected chi connectivity index (χ2v) is 3.92. The predicted molar refractivity (Wildman–Crippen MR) is 44.2 cm³/mol. The summed E-state index contributed by atoms with van der Waals surface area (Å²) in [7, 11) is 0. The number of allylic oxidation sites excluding steroid dienone is 1. The fourth-order valence-corrected chi connectivity index (χ4v) is 2.88. The minimum atomic E-state index is -0.0417. The standard InChI is InChI=1S/C10H14O/c1-7-6-9-4-3-5-10(7,9)8(2)11/h9H,1,3-6H2,2H3. The average molecular weight is 150 g/mol. The van der Waals surface area contributed by atoms with Crippen molar-refractivity contribution < 1.29 is 4.79 Å². The van der Waals surface area contributed by atoms with Gasteiger partial charge >= 0.3 is 0 Å². The molecular weight excluding hydrogens is 136 g/mol. The van der Waals surface area contributed by atoms with Gasteiger partial charge in [-0.2, -0.15) is 0 Å². The summed E-state index contributed by atoms with van der Waals surface area (Å²) in [6.07, 6.45) is 4.66. The highest BCUT2D eigenvalue weighted by molar-refractivity contribution is 5.88. The van der Waals surface area contributed by atoms with Crippen molar-refractivity contribution in [2.75, 3.05) is 0 Å². The molecule has 0 aromatic carbocycles. The van der Waals surface area contributed by atoms with E-state index in [4.69, 9.17) is 0 Å². The summed E-state index contributed by atoms with van der Waals surface area (Å²) >= 11 is 0. The minimum absolute atomic E-state index is 0.0417. The molecule has 0 aromatic heterocycles. The molecular formula is C10H14O. The minimum Gasteiger partial charge on any atom is -0.299 e. The van der Waals surface area contributed by atoms with E-state index in [1.807, 2.05) is 0 Å². The second-order valence-electron chi connectivity index (χ2n) is 3.92. The SMILES string of the molecule is C=C1CC2CCCC12C(C)=O. The highest BCUT2D eigenvalue weighted by Gasteiger charge is 2.55. The van der Waals surface area contributed by atoms with Crippen LogP contribution in [0.15, 0.2) is 12.2 Å². The summed E-state index contributed by atoms with van der Waals surface area (Å²) < 4.78 is 0. The van der Waals surface area contributed by atoms with E-state index in [1.165, 1.54) is 18.4 Å². The van der Waals surface area contributed by atoms with Gasteiger partial charge < -0.3 is 0 Å². The molecule has 1 heteroatoms. The van der Waals surface area contributed by atoms with Crippen LogP contribution in [-0.4, -0.2) is 5.78 Å². The Bertz CT molecular complexity index is 219. The van der Waals surface area contributed by atoms with Gasteiger partial charge in [-0.1, -0.05) is 18.6 Å². The molecule has 0 aromatic rings. The Balaban J connectivity index is 2.33. The third-order valence-corrected chi connectivity index (χ3v) is 3.57. The molecule has 2 saturated carbocycles. The lowest BCUT2D eigenvalue weighted by molar-refractivity contribution is -0.129. The van der Waals surface area contributed by atoms with Gasteiger partial charge in [0, 0.05) is 0 Å². The summed E-state index contributed by atoms with van der Waals surface area (Å²) in [5, 5.41) is 0. The topological polar surface area (TPSA) is 17.1 Å². The van der Waals surface area contributed by atoms with E-state index in [0.29, 0.717) is 11.7 Å². The van der Waals surface area contributed by atoms with Crippen LogP contribution in [0.1, 0.15) is 32.6 Å². The van der Waals surface area contributed by atoms with Crippen LogP contribution in [-0.2, 0) is 4.79 Å². The lowest BCUT2D eigenvalue weighted by Crippen LogP contribution is -2.43. The average Bonchev–Trinajstić information content (AvgIpc) is 2.26. The Morgan fingerprint density at radius 1 is 1.73 bits per heavy atom. The summed E-state index contributed by atoms with van der Waals surface area (Å²) in [6, 6.07) is 0. The summed E-state index contributed by atoms with van der Waals surface area (Å²) in [5.74, 6) is 1.02. The lowest BCUT2D eigenvalue weighted by atomic mass is 9.57. The number of hydrogen-bond donors (Lipinski definition) is 0. The van der Waals surface area contributed by atoms with Gasteiger partial charge in [-0.15, -0.1) is 0 Å². The van der Waals surface area contributed by atoms with E-state index in [-0.39, 0.29) is 5.41 Å². The van der Waals surface area contributed by atoms with Crippen LogP contribution in [0.25, 0.3) is 0 Å². The van der Waals surface area contributed by atoms with Gasteiger partial charge in [0.1, 0.15) is 5.78 Å². The Kier molecular flexibility index (Phi) is 1.26. The summed E-state index contributed by atoms with van der Waals surface area (Å²) in [6.45, 7) is 5.70. The quantitative estimate of drug-likeness (QED) is 0.524. The molecule has 0 heterocycles. The third-order valence-electron chi connectivity index (χ3n) is 3.57. The van der Waals surface area contributed by atoms with Crippen molar-refractivity contribution in [1.29, 1.82) is 0 Å². The molecule has 2 aliphatic rings. The van der Waals surface area contributed by atoms with Crippen LogP contribution in [0, 0.1) is 11.3 Å². The van der Waals surface area contributed by atoms with Gasteiger partial charge in [-0.05, 0) is 32.1 Å². The molecule has 2 aliphatic carbocycles. The fourth-order valence-electron chi connectivity index (χ4n) is 2.88. The van der Waals surface area contributed by atoms with Crippen molar-refractivity contribution in [3.63, 3.8) is 0 Å². The zero-order chi connectivity index (χ0) is 8.06. The van der Waals surface area contributed by atoms with E-state index >= 15 is 0 Å². The molecule has 2 rings (SSSR count). The van der Waals surface area contributed by atoms with Crippen molar-refractivity contribution in [3.05, 3.63) is 12.2 Å². The molecule has 11 heavy (non-hydrogen) atoms. The number of carbonyl (C=O) groups is 1. The second kappa shape index (κ2) is 1.96. The first-order valence-corrected chi connectivity index (χ1v) is 4.37. The number of fused-ring (bicyclic) bond motifs is 1. The van der Waals surface area contributed by atoms with E-state index in [1.54, 1.807) is 6.92 Å². The third kappa shape index (κ3) is 0.640. The van der Waals surface area contributed by atoms with E-state index < -0.39 is 0 Å². The Morgan fingerprint density at radius 2 is 2.45 bits per heavy atom. The van der Waals surface area contributed by atoms with Crippen LogP contribution >= 0.6 is 0 Å². The first-order chi connectivity index (χ1) is 5.18. The maximum atomic E-state index is 11.4. The molecule has 60 valence electrons. The maximum Gasteiger partial charge on any atom is 0.140 e. The fraction of sp³-hybridized carbons (Fsp3) is 0.700. The van der Waals surface area contributed by atoms with Crippen molar-refractivity contribution in [1.82, 2.24) is 0 Å². The zero-order valence-electron chi connectivity index (χ0n) is 7.02. The van der Waals surface area contributed by atoms with Gasteiger partial charge in [0.25, 0.3) is 0 Å². The molecule has 0 amide bonds. The van der Waals surface area contributed by atoms with E-state index in [9.17, 15) is 4.79 Å². The number of rotatable bonds is 1. The van der Waals surface area contributed by atoms with Gasteiger partial charge in [0.2, 0.25) is 0 Å². The Morgan fingerprint density at radius 3 is 2.82 bits per heavy atom. The van der Waals surface area contributed by atoms with Crippen LogP contribution in [0.4, 0.5) is 0 Å². The smallest absolute Gasteiger partial charge is 0.140 e. The Labute approximate surface area is 67.5 Å². The van der Waals surface area contributed by atoms with Crippen molar-refractivity contribution in [3.8, 4) is 0 Å². The highest BCUT2D eigenvalue weighted by atomic mass is 16.1. The van der Waals surface area contributed by atoms with Gasteiger partial charge in [-0.3, -0.25) is 4.79 Å². The Hall–Kier alpha value is -0.590. The zero-order valence-corrected chi connectivity index (χ0v) is 7.02. The molecule has 1 nitrogen and oxygen atoms in total. The predicted octanol–water partition coefficient (Wildman–Crippen LogP) is 2.32. The monoisotopic (exact) mass is 150 g/mol. The highest BCUT2D eigenvalue weighted by Crippen LogP contribution is 2.60. The number of carbonyl (C=O) groups excluding carboxylic acids is 1. The van der Waals surface area contributed by atoms with Gasteiger partial charge in [0.15, 0.2) is 0 Å². The molecule has 0 radical (unpaired) electrons. The van der Waals surface area contributed by atoms with Crippen molar-refractivity contribution in [2.45, 2.75) is 32.6 Å². The molecule has 0 N–H and O–H groups in total. The lowest BCUT2D eigenvalue weighted by Gasteiger charge is -2.45. The summed E-state index contributed by atoms with van der Waals surface area (Å²) in [4.78, 5) is 11.4. The largest absolute Gasteiger partial charge is 0.299 e. The summed E-state index contributed by atoms with van der Waals surface area (Å²) in [5.41, 5.74) is 1.16. The normalized spacial score (nSPS) is 41.5. The van der Waals surface area contributed by atoms with E-state index in [2.05, 4.69) is 6.58 Å². The van der Waals surface area contributed by atoms with Gasteiger partial charge in [0.05, 0.1) is 5.41 Å². The number of ketones is 1. The van der Waals surface area contributed by atoms with Crippen molar-refractivity contribution in [2.24, 2.45) is 11.3 Å². The first-order valence-electron chi connectivity index (χ1n) is 4.37. The molecule has 2 atom stereocenters. The van der Waals surface area contributed by atoms with E-state index in [0.717, 1.165) is 12.8 Å². The molecule has 2 fully saturated rings.